The van der Waals surface area contributed by atoms with Gasteiger partial charge in [0.1, 0.15) is 23.8 Å². The number of rotatable bonds is 3. The molecule has 1 N–H and O–H groups in total. The Morgan fingerprint density at radius 2 is 2.23 bits per heavy atom. The second kappa shape index (κ2) is 5.65. The van der Waals surface area contributed by atoms with Crippen LogP contribution in [0, 0.1) is 6.92 Å². The number of benzene rings is 1. The van der Waals surface area contributed by atoms with E-state index in [9.17, 15) is 9.59 Å². The average Bonchev–Trinajstić information content (AvgIpc) is 2.92. The van der Waals surface area contributed by atoms with Crippen LogP contribution < -0.4 is 5.56 Å². The van der Waals surface area contributed by atoms with Crippen LogP contribution >= 0.6 is 11.6 Å². The summed E-state index contributed by atoms with van der Waals surface area (Å²) >= 11 is 5.85. The maximum Gasteiger partial charge on any atom is 0.342 e. The van der Waals surface area contributed by atoms with Crippen molar-refractivity contribution in [1.29, 1.82) is 0 Å². The molecule has 112 valence electrons. The number of furan rings is 1. The number of ether oxygens (including phenoxy) is 1. The minimum atomic E-state index is -0.537. The Morgan fingerprint density at radius 1 is 1.41 bits per heavy atom. The van der Waals surface area contributed by atoms with Crippen molar-refractivity contribution >= 4 is 28.5 Å². The van der Waals surface area contributed by atoms with Crippen LogP contribution in [0.1, 0.15) is 21.9 Å². The van der Waals surface area contributed by atoms with Gasteiger partial charge in [0.25, 0.3) is 5.56 Å². The number of aromatic nitrogens is 2. The summed E-state index contributed by atoms with van der Waals surface area (Å²) in [6.07, 6.45) is 1.41. The molecule has 1 aromatic carbocycles. The third-order valence-corrected chi connectivity index (χ3v) is 3.37. The molecule has 0 aliphatic carbocycles. The molecule has 6 nitrogen and oxygen atoms in total. The number of esters is 1. The van der Waals surface area contributed by atoms with Crippen molar-refractivity contribution in [2.45, 2.75) is 13.5 Å². The fraction of sp³-hybridized carbons (Fsp3) is 0.133. The second-order valence-electron chi connectivity index (χ2n) is 4.64. The van der Waals surface area contributed by atoms with Crippen LogP contribution in [-0.4, -0.2) is 15.9 Å². The molecule has 0 amide bonds. The van der Waals surface area contributed by atoms with Gasteiger partial charge in [-0.15, -0.1) is 0 Å². The van der Waals surface area contributed by atoms with Gasteiger partial charge in [-0.2, -0.15) is 0 Å². The van der Waals surface area contributed by atoms with Gasteiger partial charge in [0.15, 0.2) is 0 Å². The van der Waals surface area contributed by atoms with E-state index in [2.05, 4.69) is 9.97 Å². The first-order valence-corrected chi connectivity index (χ1v) is 6.82. The molecule has 3 rings (SSSR count). The Hall–Kier alpha value is -2.60. The van der Waals surface area contributed by atoms with Gasteiger partial charge in [-0.25, -0.2) is 9.78 Å². The third kappa shape index (κ3) is 2.73. The van der Waals surface area contributed by atoms with Gasteiger partial charge in [-0.05, 0) is 31.2 Å². The van der Waals surface area contributed by atoms with Crippen LogP contribution in [-0.2, 0) is 11.3 Å². The van der Waals surface area contributed by atoms with E-state index in [-0.39, 0.29) is 18.0 Å². The van der Waals surface area contributed by atoms with Crippen molar-refractivity contribution < 1.29 is 13.9 Å². The summed E-state index contributed by atoms with van der Waals surface area (Å²) < 4.78 is 10.2. The summed E-state index contributed by atoms with van der Waals surface area (Å²) in [5.41, 5.74) is 0.492. The second-order valence-corrected chi connectivity index (χ2v) is 5.08. The predicted octanol–water partition coefficient (Wildman–Crippen LogP) is 2.83. The average molecular weight is 319 g/mol. The van der Waals surface area contributed by atoms with Crippen LogP contribution in [0.4, 0.5) is 0 Å². The summed E-state index contributed by atoms with van der Waals surface area (Å²) in [5.74, 6) is 0.194. The van der Waals surface area contributed by atoms with E-state index in [0.29, 0.717) is 27.2 Å². The number of nitrogens with zero attached hydrogens (tertiary/aromatic N) is 1. The SMILES string of the molecule is Cc1occc1C(=O)OCc1nc2ccc(Cl)cc2c(=O)[nH]1. The third-order valence-electron chi connectivity index (χ3n) is 3.14. The number of aromatic amines is 1. The largest absolute Gasteiger partial charge is 0.469 e. The number of halogens is 1. The number of fused-ring (bicyclic) bond motifs is 1. The van der Waals surface area contributed by atoms with E-state index in [0.717, 1.165) is 0 Å². The van der Waals surface area contributed by atoms with Crippen LogP contribution in [0.25, 0.3) is 10.9 Å². The molecular formula is C15H11ClN2O4. The molecule has 0 radical (unpaired) electrons. The van der Waals surface area contributed by atoms with Crippen molar-refractivity contribution in [3.8, 4) is 0 Å². The summed E-state index contributed by atoms with van der Waals surface area (Å²) in [6.45, 7) is 1.52. The predicted molar refractivity (Wildman–Crippen MR) is 79.9 cm³/mol. The molecule has 0 aliphatic rings. The number of nitrogens with one attached hydrogen (secondary N) is 1. The van der Waals surface area contributed by atoms with Gasteiger partial charge in [-0.1, -0.05) is 11.6 Å². The first-order chi connectivity index (χ1) is 10.5. The molecule has 0 atom stereocenters. The van der Waals surface area contributed by atoms with Gasteiger partial charge in [0, 0.05) is 5.02 Å². The Morgan fingerprint density at radius 3 is 2.95 bits per heavy atom. The van der Waals surface area contributed by atoms with Gasteiger partial charge in [0.2, 0.25) is 0 Å². The molecular weight excluding hydrogens is 308 g/mol. The molecule has 3 aromatic rings. The van der Waals surface area contributed by atoms with Crippen molar-refractivity contribution in [3.63, 3.8) is 0 Å². The molecule has 0 aliphatic heterocycles. The van der Waals surface area contributed by atoms with Crippen molar-refractivity contribution in [3.05, 3.63) is 63.1 Å². The summed E-state index contributed by atoms with van der Waals surface area (Å²) in [4.78, 5) is 30.6. The maximum atomic E-state index is 12.0. The highest BCUT2D eigenvalue weighted by Crippen LogP contribution is 2.15. The van der Waals surface area contributed by atoms with Crippen LogP contribution in [0.15, 0.2) is 39.7 Å². The zero-order chi connectivity index (χ0) is 15.7. The van der Waals surface area contributed by atoms with Gasteiger partial charge < -0.3 is 14.1 Å². The van der Waals surface area contributed by atoms with Crippen LogP contribution in [0.5, 0.6) is 0 Å². The molecule has 0 spiro atoms. The van der Waals surface area contributed by atoms with Crippen molar-refractivity contribution in [1.82, 2.24) is 9.97 Å². The van der Waals surface area contributed by atoms with E-state index in [1.807, 2.05) is 0 Å². The minimum absolute atomic E-state index is 0.142. The fourth-order valence-electron chi connectivity index (χ4n) is 2.04. The Labute approximate surface area is 129 Å². The molecule has 0 fully saturated rings. The first-order valence-electron chi connectivity index (χ1n) is 6.44. The number of carbonyl (C=O) groups excluding carboxylic acids is 1. The monoisotopic (exact) mass is 318 g/mol. The summed E-state index contributed by atoms with van der Waals surface area (Å²) in [7, 11) is 0. The van der Waals surface area contributed by atoms with Gasteiger partial charge in [0.05, 0.1) is 17.2 Å². The molecule has 0 bridgehead atoms. The summed E-state index contributed by atoms with van der Waals surface area (Å²) in [5, 5.41) is 0.836. The van der Waals surface area contributed by atoms with E-state index >= 15 is 0 Å². The summed E-state index contributed by atoms with van der Waals surface area (Å²) in [6, 6.07) is 6.34. The topological polar surface area (TPSA) is 85.2 Å². The van der Waals surface area contributed by atoms with Crippen molar-refractivity contribution in [2.75, 3.05) is 0 Å². The highest BCUT2D eigenvalue weighted by molar-refractivity contribution is 6.31. The molecule has 22 heavy (non-hydrogen) atoms. The number of carbonyl (C=O) groups is 1. The number of H-pyrrole nitrogens is 1. The van der Waals surface area contributed by atoms with Crippen LogP contribution in [0.3, 0.4) is 0 Å². The smallest absolute Gasteiger partial charge is 0.342 e. The van der Waals surface area contributed by atoms with Crippen LogP contribution in [0.2, 0.25) is 5.02 Å². The molecule has 0 saturated carbocycles. The Balaban J connectivity index is 1.83. The van der Waals surface area contributed by atoms with E-state index in [4.69, 9.17) is 20.8 Å². The highest BCUT2D eigenvalue weighted by atomic mass is 35.5. The molecule has 0 unspecified atom stereocenters. The zero-order valence-electron chi connectivity index (χ0n) is 11.6. The maximum absolute atomic E-state index is 12.0. The molecule has 2 aromatic heterocycles. The van der Waals surface area contributed by atoms with Crippen molar-refractivity contribution in [2.24, 2.45) is 0 Å². The van der Waals surface area contributed by atoms with Gasteiger partial charge in [-0.3, -0.25) is 4.79 Å². The minimum Gasteiger partial charge on any atom is -0.469 e. The molecule has 7 heteroatoms. The number of aryl methyl sites for hydroxylation is 1. The molecule has 2 heterocycles. The van der Waals surface area contributed by atoms with E-state index in [1.54, 1.807) is 19.1 Å². The lowest BCUT2D eigenvalue weighted by molar-refractivity contribution is 0.0460. The highest BCUT2D eigenvalue weighted by Gasteiger charge is 2.14. The van der Waals surface area contributed by atoms with E-state index < -0.39 is 5.97 Å². The fourth-order valence-corrected chi connectivity index (χ4v) is 2.21. The molecule has 0 saturated heterocycles. The first kappa shape index (κ1) is 14.3. The quantitative estimate of drug-likeness (QED) is 0.750. The lowest BCUT2D eigenvalue weighted by Crippen LogP contribution is -2.14. The zero-order valence-corrected chi connectivity index (χ0v) is 12.3. The normalized spacial score (nSPS) is 10.8. The van der Waals surface area contributed by atoms with E-state index in [1.165, 1.54) is 18.4 Å². The lowest BCUT2D eigenvalue weighted by atomic mass is 10.2. The number of hydrogen-bond donors (Lipinski definition) is 1. The van der Waals surface area contributed by atoms with Gasteiger partial charge >= 0.3 is 5.97 Å². The standard InChI is InChI=1S/C15H11ClN2O4/c1-8-10(4-5-21-8)15(20)22-7-13-17-12-3-2-9(16)6-11(12)14(19)18-13/h2-6H,7H2,1H3,(H,17,18,19). The lowest BCUT2D eigenvalue weighted by Gasteiger charge is -2.05. The Kier molecular flexibility index (Phi) is 3.68. The Bertz CT molecular complexity index is 913. The number of hydrogen-bond acceptors (Lipinski definition) is 5.